The molecule has 2 aromatic rings. The van der Waals surface area contributed by atoms with Crippen LogP contribution in [0.15, 0.2) is 46.9 Å². The summed E-state index contributed by atoms with van der Waals surface area (Å²) in [6, 6.07) is 10.6. The molecular weight excluding hydrogens is 348 g/mol. The molecule has 1 aromatic carbocycles. The Labute approximate surface area is 144 Å². The standard InChI is InChI=1S/C16H18N2O6S/c1-25(22,23)17-10-12-7-8-14(24-12)15(19)18-13(16(20)21)9-11-5-3-2-4-6-11/h2-8,13,17H,9-10H2,1H3,(H,18,19)(H,20,21)/t13-/m1/s1. The molecule has 2 rings (SSSR count). The summed E-state index contributed by atoms with van der Waals surface area (Å²) in [6.07, 6.45) is 1.13. The Kier molecular flexibility index (Phi) is 5.94. The lowest BCUT2D eigenvalue weighted by atomic mass is 10.1. The van der Waals surface area contributed by atoms with Gasteiger partial charge in [0, 0.05) is 6.42 Å². The summed E-state index contributed by atoms with van der Waals surface area (Å²) in [7, 11) is -3.39. The summed E-state index contributed by atoms with van der Waals surface area (Å²) in [5.41, 5.74) is 0.771. The second-order valence-electron chi connectivity index (χ2n) is 5.41. The monoisotopic (exact) mass is 366 g/mol. The third kappa shape index (κ3) is 6.05. The van der Waals surface area contributed by atoms with Crippen molar-refractivity contribution >= 4 is 21.9 Å². The van der Waals surface area contributed by atoms with Crippen molar-refractivity contribution in [1.29, 1.82) is 0 Å². The first-order valence-corrected chi connectivity index (χ1v) is 9.24. The van der Waals surface area contributed by atoms with Crippen molar-refractivity contribution in [2.45, 2.75) is 19.0 Å². The van der Waals surface area contributed by atoms with Crippen LogP contribution in [0.5, 0.6) is 0 Å². The molecule has 0 aliphatic heterocycles. The van der Waals surface area contributed by atoms with Gasteiger partial charge in [0.05, 0.1) is 12.8 Å². The normalized spacial score (nSPS) is 12.5. The first-order chi connectivity index (χ1) is 11.7. The lowest BCUT2D eigenvalue weighted by Gasteiger charge is -2.13. The van der Waals surface area contributed by atoms with E-state index in [4.69, 9.17) is 4.42 Å². The van der Waals surface area contributed by atoms with E-state index in [1.165, 1.54) is 12.1 Å². The van der Waals surface area contributed by atoms with E-state index in [1.807, 2.05) is 6.07 Å². The van der Waals surface area contributed by atoms with Crippen LogP contribution in [0.3, 0.4) is 0 Å². The van der Waals surface area contributed by atoms with Gasteiger partial charge in [0.15, 0.2) is 5.76 Å². The maximum atomic E-state index is 12.2. The minimum absolute atomic E-state index is 0.0930. The van der Waals surface area contributed by atoms with Crippen LogP contribution in [0.25, 0.3) is 0 Å². The van der Waals surface area contributed by atoms with Gasteiger partial charge in [0.2, 0.25) is 10.0 Å². The number of nitrogens with one attached hydrogen (secondary N) is 2. The predicted molar refractivity (Wildman–Crippen MR) is 89.4 cm³/mol. The highest BCUT2D eigenvalue weighted by Crippen LogP contribution is 2.10. The van der Waals surface area contributed by atoms with Crippen LogP contribution in [0.2, 0.25) is 0 Å². The van der Waals surface area contributed by atoms with Crippen molar-refractivity contribution in [3.63, 3.8) is 0 Å². The van der Waals surface area contributed by atoms with Crippen molar-refractivity contribution in [2.75, 3.05) is 6.26 Å². The molecule has 1 amide bonds. The van der Waals surface area contributed by atoms with E-state index < -0.39 is 27.9 Å². The fourth-order valence-electron chi connectivity index (χ4n) is 2.08. The Morgan fingerprint density at radius 1 is 1.16 bits per heavy atom. The maximum absolute atomic E-state index is 12.2. The Bertz CT molecular complexity index is 845. The molecule has 0 spiro atoms. The first kappa shape index (κ1) is 18.7. The number of carboxylic acids is 1. The number of carbonyl (C=O) groups is 2. The van der Waals surface area contributed by atoms with Crippen LogP contribution in [0, 0.1) is 0 Å². The van der Waals surface area contributed by atoms with Gasteiger partial charge >= 0.3 is 5.97 Å². The van der Waals surface area contributed by atoms with Crippen molar-refractivity contribution < 1.29 is 27.5 Å². The van der Waals surface area contributed by atoms with Crippen molar-refractivity contribution in [1.82, 2.24) is 10.0 Å². The van der Waals surface area contributed by atoms with Crippen LogP contribution in [-0.4, -0.2) is 37.7 Å². The Morgan fingerprint density at radius 3 is 2.44 bits per heavy atom. The molecule has 1 heterocycles. The van der Waals surface area contributed by atoms with Gasteiger partial charge in [-0.2, -0.15) is 0 Å². The zero-order valence-electron chi connectivity index (χ0n) is 13.4. The number of hydrogen-bond acceptors (Lipinski definition) is 5. The maximum Gasteiger partial charge on any atom is 0.326 e. The highest BCUT2D eigenvalue weighted by Gasteiger charge is 2.22. The fraction of sp³-hybridized carbons (Fsp3) is 0.250. The van der Waals surface area contributed by atoms with Gasteiger partial charge in [0.25, 0.3) is 5.91 Å². The van der Waals surface area contributed by atoms with Gasteiger partial charge < -0.3 is 14.8 Å². The van der Waals surface area contributed by atoms with Gasteiger partial charge in [-0.05, 0) is 17.7 Å². The van der Waals surface area contributed by atoms with Crippen LogP contribution >= 0.6 is 0 Å². The van der Waals surface area contributed by atoms with E-state index in [0.717, 1.165) is 11.8 Å². The summed E-state index contributed by atoms with van der Waals surface area (Å²) in [5, 5.41) is 11.7. The second kappa shape index (κ2) is 7.95. The SMILES string of the molecule is CS(=O)(=O)NCc1ccc(C(=O)N[C@H](Cc2ccccc2)C(=O)O)o1. The average molecular weight is 366 g/mol. The number of sulfonamides is 1. The van der Waals surface area contributed by atoms with Gasteiger partial charge in [-0.15, -0.1) is 0 Å². The second-order valence-corrected chi connectivity index (χ2v) is 7.25. The molecule has 0 fully saturated rings. The first-order valence-electron chi connectivity index (χ1n) is 7.35. The molecule has 0 radical (unpaired) electrons. The Morgan fingerprint density at radius 2 is 1.84 bits per heavy atom. The zero-order chi connectivity index (χ0) is 18.4. The molecule has 0 unspecified atom stereocenters. The van der Waals surface area contributed by atoms with E-state index in [9.17, 15) is 23.1 Å². The molecule has 1 aromatic heterocycles. The summed E-state index contributed by atoms with van der Waals surface area (Å²) >= 11 is 0. The van der Waals surface area contributed by atoms with E-state index in [2.05, 4.69) is 10.0 Å². The third-order valence-electron chi connectivity index (χ3n) is 3.28. The Hall–Kier alpha value is -2.65. The number of hydrogen-bond donors (Lipinski definition) is 3. The summed E-state index contributed by atoms with van der Waals surface area (Å²) < 4.78 is 29.6. The van der Waals surface area contributed by atoms with Crippen LogP contribution < -0.4 is 10.0 Å². The highest BCUT2D eigenvalue weighted by atomic mass is 32.2. The summed E-state index contributed by atoms with van der Waals surface area (Å²) in [4.78, 5) is 23.5. The molecule has 1 atom stereocenters. The van der Waals surface area contributed by atoms with Crippen LogP contribution in [0.4, 0.5) is 0 Å². The summed E-state index contributed by atoms with van der Waals surface area (Å²) in [6.45, 7) is -0.0987. The average Bonchev–Trinajstić information content (AvgIpc) is 3.01. The lowest BCUT2D eigenvalue weighted by Crippen LogP contribution is -2.42. The molecule has 9 heteroatoms. The number of aliphatic carboxylic acids is 1. The van der Waals surface area contributed by atoms with E-state index in [-0.39, 0.29) is 24.5 Å². The number of amides is 1. The van der Waals surface area contributed by atoms with E-state index in [1.54, 1.807) is 24.3 Å². The predicted octanol–water partition coefficient (Wildman–Crippen LogP) is 0.754. The number of rotatable bonds is 8. The highest BCUT2D eigenvalue weighted by molar-refractivity contribution is 7.88. The van der Waals surface area contributed by atoms with Crippen molar-refractivity contribution in [3.05, 3.63) is 59.5 Å². The van der Waals surface area contributed by atoms with Gasteiger partial charge in [-0.3, -0.25) is 4.79 Å². The third-order valence-corrected chi connectivity index (χ3v) is 3.95. The molecule has 0 saturated carbocycles. The molecule has 0 bridgehead atoms. The lowest BCUT2D eigenvalue weighted by molar-refractivity contribution is -0.139. The van der Waals surface area contributed by atoms with Gasteiger partial charge in [0.1, 0.15) is 11.8 Å². The van der Waals surface area contributed by atoms with Gasteiger partial charge in [-0.25, -0.2) is 17.9 Å². The molecule has 0 aliphatic carbocycles. The topological polar surface area (TPSA) is 126 Å². The number of benzene rings is 1. The molecule has 0 saturated heterocycles. The quantitative estimate of drug-likeness (QED) is 0.633. The minimum atomic E-state index is -3.39. The minimum Gasteiger partial charge on any atom is -0.480 e. The number of carboxylic acid groups (broad SMARTS) is 1. The zero-order valence-corrected chi connectivity index (χ0v) is 14.2. The molecule has 8 nitrogen and oxygen atoms in total. The van der Waals surface area contributed by atoms with E-state index >= 15 is 0 Å². The summed E-state index contributed by atoms with van der Waals surface area (Å²) in [5.74, 6) is -1.70. The number of carbonyl (C=O) groups excluding carboxylic acids is 1. The fourth-order valence-corrected chi connectivity index (χ4v) is 2.48. The smallest absolute Gasteiger partial charge is 0.326 e. The van der Waals surface area contributed by atoms with E-state index in [0.29, 0.717) is 0 Å². The Balaban J connectivity index is 2.01. The van der Waals surface area contributed by atoms with Crippen LogP contribution in [0.1, 0.15) is 21.9 Å². The molecule has 134 valence electrons. The molecular formula is C16H18N2O6S. The van der Waals surface area contributed by atoms with Crippen LogP contribution in [-0.2, 0) is 27.8 Å². The van der Waals surface area contributed by atoms with Gasteiger partial charge in [-0.1, -0.05) is 30.3 Å². The molecule has 25 heavy (non-hydrogen) atoms. The van der Waals surface area contributed by atoms with Crippen molar-refractivity contribution in [3.8, 4) is 0 Å². The molecule has 3 N–H and O–H groups in total. The van der Waals surface area contributed by atoms with Crippen molar-refractivity contribution in [2.24, 2.45) is 0 Å². The number of furan rings is 1. The molecule has 0 aliphatic rings. The largest absolute Gasteiger partial charge is 0.480 e.